The Bertz CT molecular complexity index is 538. The Morgan fingerprint density at radius 1 is 1.07 bits per heavy atom. The molecule has 0 saturated heterocycles. The van der Waals surface area contributed by atoms with E-state index in [0.717, 1.165) is 12.8 Å². The van der Waals surface area contributed by atoms with E-state index in [4.69, 9.17) is 5.11 Å². The molecule has 0 aliphatic heterocycles. The number of carboxylic acid groups (broad SMARTS) is 1. The van der Waals surface area contributed by atoms with Crippen LogP contribution in [0.1, 0.15) is 63.4 Å². The molecular formula is C21H37N2O3S+. The number of nitrogens with zero attached hydrogens (tertiary/aromatic N) is 1. The lowest BCUT2D eigenvalue weighted by molar-refractivity contribution is -0.871. The molecule has 1 amide bonds. The number of unbranched alkanes of at least 4 members (excludes halogenated alkanes) is 6. The molecule has 0 unspecified atom stereocenters. The lowest BCUT2D eigenvalue weighted by atomic mass is 10.1. The third-order valence-corrected chi connectivity index (χ3v) is 5.24. The fourth-order valence-electron chi connectivity index (χ4n) is 3.27. The highest BCUT2D eigenvalue weighted by molar-refractivity contribution is 7.07. The van der Waals surface area contributed by atoms with E-state index in [0.29, 0.717) is 17.4 Å². The van der Waals surface area contributed by atoms with Gasteiger partial charge in [0.2, 0.25) is 5.91 Å². The number of aryl methyl sites for hydroxylation is 1. The van der Waals surface area contributed by atoms with Crippen LogP contribution in [0.3, 0.4) is 0 Å². The summed E-state index contributed by atoms with van der Waals surface area (Å²) in [6, 6.07) is 1.90. The third kappa shape index (κ3) is 13.4. The van der Waals surface area contributed by atoms with Crippen molar-refractivity contribution in [3.8, 4) is 0 Å². The van der Waals surface area contributed by atoms with Crippen LogP contribution in [0.15, 0.2) is 16.8 Å². The monoisotopic (exact) mass is 397 g/mol. The first kappa shape index (κ1) is 23.6. The summed E-state index contributed by atoms with van der Waals surface area (Å²) in [5.41, 5.74) is 1.46. The third-order valence-electron chi connectivity index (χ3n) is 4.50. The van der Waals surface area contributed by atoms with Gasteiger partial charge in [-0.3, -0.25) is 9.59 Å². The van der Waals surface area contributed by atoms with Gasteiger partial charge < -0.3 is 14.9 Å². The van der Waals surface area contributed by atoms with Gasteiger partial charge in [0.25, 0.3) is 0 Å². The number of thiophene rings is 1. The van der Waals surface area contributed by atoms with Crippen LogP contribution in [-0.4, -0.2) is 55.2 Å². The highest BCUT2D eigenvalue weighted by atomic mass is 32.1. The first-order chi connectivity index (χ1) is 12.8. The first-order valence-electron chi connectivity index (χ1n) is 10.1. The molecule has 1 aromatic heterocycles. The second kappa shape index (κ2) is 12.9. The number of rotatable bonds is 15. The lowest BCUT2D eigenvalue weighted by Gasteiger charge is -2.29. The van der Waals surface area contributed by atoms with E-state index >= 15 is 0 Å². The van der Waals surface area contributed by atoms with Crippen LogP contribution >= 0.6 is 11.3 Å². The molecule has 0 saturated carbocycles. The normalized spacial score (nSPS) is 12.7. The molecule has 0 radical (unpaired) electrons. The standard InChI is InChI=1S/C21H36N2O3S/c1-23(2,3)16-19(15-21(25)26)22-20(24)12-10-8-6-4-5-7-9-11-18-13-14-27-17-18/h13-14,17,19H,4-12,15-16H2,1-3H3,(H-,22,24,25,26)/p+1/t19-/m1/s1. The average Bonchev–Trinajstić information content (AvgIpc) is 3.04. The molecule has 1 heterocycles. The number of quaternary nitrogens is 1. The Morgan fingerprint density at radius 3 is 2.26 bits per heavy atom. The van der Waals surface area contributed by atoms with E-state index in [2.05, 4.69) is 22.1 Å². The van der Waals surface area contributed by atoms with Crippen LogP contribution in [0, 0.1) is 0 Å². The fourth-order valence-corrected chi connectivity index (χ4v) is 3.97. The van der Waals surface area contributed by atoms with Crippen molar-refractivity contribution in [2.75, 3.05) is 27.7 Å². The molecule has 0 bridgehead atoms. The van der Waals surface area contributed by atoms with Gasteiger partial charge in [-0.25, -0.2) is 0 Å². The van der Waals surface area contributed by atoms with Crippen molar-refractivity contribution in [2.45, 2.75) is 70.3 Å². The van der Waals surface area contributed by atoms with Crippen molar-refractivity contribution in [1.82, 2.24) is 5.32 Å². The molecule has 0 fully saturated rings. The Kier molecular flexibility index (Phi) is 11.3. The maximum Gasteiger partial charge on any atom is 0.305 e. The van der Waals surface area contributed by atoms with Gasteiger partial charge in [-0.15, -0.1) is 0 Å². The minimum Gasteiger partial charge on any atom is -0.481 e. The van der Waals surface area contributed by atoms with Gasteiger partial charge in [0.1, 0.15) is 0 Å². The van der Waals surface area contributed by atoms with E-state index < -0.39 is 5.97 Å². The van der Waals surface area contributed by atoms with Crippen molar-refractivity contribution in [3.05, 3.63) is 22.4 Å². The molecule has 6 heteroatoms. The fraction of sp³-hybridized carbons (Fsp3) is 0.714. The first-order valence-corrected chi connectivity index (χ1v) is 11.0. The maximum atomic E-state index is 12.1. The van der Waals surface area contributed by atoms with Gasteiger partial charge in [0, 0.05) is 6.42 Å². The molecule has 154 valence electrons. The number of hydrogen-bond donors (Lipinski definition) is 2. The van der Waals surface area contributed by atoms with Crippen molar-refractivity contribution in [2.24, 2.45) is 0 Å². The Balaban J connectivity index is 2.05. The molecule has 0 aliphatic rings. The summed E-state index contributed by atoms with van der Waals surface area (Å²) in [6.07, 6.45) is 9.81. The molecule has 2 N–H and O–H groups in total. The number of aliphatic carboxylic acids is 1. The summed E-state index contributed by atoms with van der Waals surface area (Å²) in [7, 11) is 6.00. The van der Waals surface area contributed by atoms with E-state index in [1.54, 1.807) is 11.3 Å². The molecule has 0 aromatic carbocycles. The number of carbonyl (C=O) groups is 2. The van der Waals surface area contributed by atoms with Crippen LogP contribution in [0.5, 0.6) is 0 Å². The van der Waals surface area contributed by atoms with Crippen LogP contribution < -0.4 is 5.32 Å². The molecular weight excluding hydrogens is 360 g/mol. The number of amides is 1. The second-order valence-electron chi connectivity index (χ2n) is 8.44. The highest BCUT2D eigenvalue weighted by Gasteiger charge is 2.22. The lowest BCUT2D eigenvalue weighted by Crippen LogP contribution is -2.49. The number of carbonyl (C=O) groups excluding carboxylic acids is 1. The molecule has 1 rings (SSSR count). The predicted molar refractivity (Wildman–Crippen MR) is 112 cm³/mol. The summed E-state index contributed by atoms with van der Waals surface area (Å²) in [4.78, 5) is 23.1. The molecule has 1 atom stereocenters. The zero-order valence-electron chi connectivity index (χ0n) is 17.2. The van der Waals surface area contributed by atoms with E-state index in [1.165, 1.54) is 44.1 Å². The van der Waals surface area contributed by atoms with Crippen LogP contribution in [0.2, 0.25) is 0 Å². The zero-order valence-corrected chi connectivity index (χ0v) is 18.0. The average molecular weight is 398 g/mol. The number of hydrogen-bond acceptors (Lipinski definition) is 3. The quantitative estimate of drug-likeness (QED) is 0.346. The summed E-state index contributed by atoms with van der Waals surface area (Å²) in [5.74, 6) is -0.891. The molecule has 0 aliphatic carbocycles. The molecule has 0 spiro atoms. The van der Waals surface area contributed by atoms with E-state index in [9.17, 15) is 9.59 Å². The summed E-state index contributed by atoms with van der Waals surface area (Å²) < 4.78 is 0.630. The highest BCUT2D eigenvalue weighted by Crippen LogP contribution is 2.13. The Morgan fingerprint density at radius 2 is 1.70 bits per heavy atom. The topological polar surface area (TPSA) is 66.4 Å². The predicted octanol–water partition coefficient (Wildman–Crippen LogP) is 4.08. The largest absolute Gasteiger partial charge is 0.481 e. The zero-order chi connectivity index (χ0) is 20.1. The number of nitrogens with one attached hydrogen (secondary N) is 1. The summed E-state index contributed by atoms with van der Waals surface area (Å²) in [6.45, 7) is 0.615. The summed E-state index contributed by atoms with van der Waals surface area (Å²) >= 11 is 1.77. The molecule has 27 heavy (non-hydrogen) atoms. The van der Waals surface area contributed by atoms with Crippen molar-refractivity contribution >= 4 is 23.2 Å². The van der Waals surface area contributed by atoms with Gasteiger partial charge in [0.15, 0.2) is 0 Å². The molecule has 5 nitrogen and oxygen atoms in total. The minimum absolute atomic E-state index is 0.0212. The van der Waals surface area contributed by atoms with Gasteiger partial charge in [-0.05, 0) is 41.7 Å². The van der Waals surface area contributed by atoms with Gasteiger partial charge in [-0.1, -0.05) is 32.1 Å². The van der Waals surface area contributed by atoms with E-state index in [1.807, 2.05) is 21.1 Å². The smallest absolute Gasteiger partial charge is 0.305 e. The number of likely N-dealkylation sites (N-methyl/N-ethyl adjacent to an activating group) is 1. The van der Waals surface area contributed by atoms with Gasteiger partial charge in [0.05, 0.1) is 40.2 Å². The van der Waals surface area contributed by atoms with Crippen molar-refractivity contribution in [1.29, 1.82) is 0 Å². The van der Waals surface area contributed by atoms with Gasteiger partial charge in [-0.2, -0.15) is 11.3 Å². The second-order valence-corrected chi connectivity index (χ2v) is 9.22. The number of carboxylic acids is 1. The minimum atomic E-state index is -0.868. The van der Waals surface area contributed by atoms with Crippen molar-refractivity contribution in [3.63, 3.8) is 0 Å². The van der Waals surface area contributed by atoms with Crippen LogP contribution in [0.25, 0.3) is 0 Å². The van der Waals surface area contributed by atoms with E-state index in [-0.39, 0.29) is 18.4 Å². The van der Waals surface area contributed by atoms with Gasteiger partial charge >= 0.3 is 5.97 Å². The SMILES string of the molecule is C[N+](C)(C)C[C@@H](CC(=O)O)NC(=O)CCCCCCCCCc1ccsc1. The Labute approximate surface area is 168 Å². The van der Waals surface area contributed by atoms with Crippen LogP contribution in [-0.2, 0) is 16.0 Å². The Hall–Kier alpha value is -1.40. The maximum absolute atomic E-state index is 12.1. The van der Waals surface area contributed by atoms with Crippen LogP contribution in [0.4, 0.5) is 0 Å². The summed E-state index contributed by atoms with van der Waals surface area (Å²) in [5, 5.41) is 16.3. The van der Waals surface area contributed by atoms with Crippen molar-refractivity contribution < 1.29 is 19.2 Å². The molecule has 1 aromatic rings.